The van der Waals surface area contributed by atoms with Crippen LogP contribution in [-0.4, -0.2) is 90.8 Å². The Morgan fingerprint density at radius 1 is 1.07 bits per heavy atom. The van der Waals surface area contributed by atoms with Crippen LogP contribution in [0.4, 0.5) is 10.6 Å². The topological polar surface area (TPSA) is 91.2 Å². The molecule has 0 saturated carbocycles. The second kappa shape index (κ2) is 8.91. The number of carbonyl (C=O) groups excluding carboxylic acids is 2. The molecule has 3 amide bonds. The maximum atomic E-state index is 12.6. The molecule has 3 heterocycles. The van der Waals surface area contributed by atoms with E-state index in [2.05, 4.69) is 15.4 Å². The summed E-state index contributed by atoms with van der Waals surface area (Å²) in [6, 6.07) is 1.55. The van der Waals surface area contributed by atoms with Gasteiger partial charge in [-0.2, -0.15) is 0 Å². The first-order valence-corrected chi connectivity index (χ1v) is 9.94. The molecule has 0 radical (unpaired) electrons. The van der Waals surface area contributed by atoms with Crippen LogP contribution in [0.1, 0.15) is 33.0 Å². The Kier molecular flexibility index (Phi) is 6.56. The van der Waals surface area contributed by atoms with Crippen molar-refractivity contribution in [2.45, 2.75) is 32.6 Å². The average Bonchev–Trinajstić information content (AvgIpc) is 2.98. The van der Waals surface area contributed by atoms with Gasteiger partial charge in [0, 0.05) is 50.7 Å². The maximum Gasteiger partial charge on any atom is 0.323 e. The molecule has 0 atom stereocenters. The number of hydrogen-bond donors (Lipinski definition) is 1. The van der Waals surface area contributed by atoms with E-state index in [1.807, 2.05) is 25.7 Å². The summed E-state index contributed by atoms with van der Waals surface area (Å²) in [6.07, 6.45) is 0.758. The van der Waals surface area contributed by atoms with Crippen LogP contribution in [0.2, 0.25) is 0 Å². The lowest BCUT2D eigenvalue weighted by atomic mass is 9.93. The van der Waals surface area contributed by atoms with Crippen molar-refractivity contribution in [3.8, 4) is 0 Å². The SMILES string of the molecule is CC(C)(C)c1cc(NC(=O)N2CCCN(C(=O)CN3CCOCC3)CC2)no1. The fourth-order valence-electron chi connectivity index (χ4n) is 3.30. The fraction of sp³-hybridized carbons (Fsp3) is 0.737. The zero-order valence-corrected chi connectivity index (χ0v) is 17.1. The van der Waals surface area contributed by atoms with Gasteiger partial charge in [0.15, 0.2) is 5.82 Å². The maximum absolute atomic E-state index is 12.6. The van der Waals surface area contributed by atoms with E-state index in [0.29, 0.717) is 51.8 Å². The molecule has 1 N–H and O–H groups in total. The van der Waals surface area contributed by atoms with Gasteiger partial charge in [0.25, 0.3) is 0 Å². The first-order chi connectivity index (χ1) is 13.3. The van der Waals surface area contributed by atoms with Crippen molar-refractivity contribution < 1.29 is 18.8 Å². The zero-order chi connectivity index (χ0) is 20.1. The quantitative estimate of drug-likeness (QED) is 0.834. The van der Waals surface area contributed by atoms with Gasteiger partial charge >= 0.3 is 6.03 Å². The number of morpholine rings is 1. The summed E-state index contributed by atoms with van der Waals surface area (Å²) in [7, 11) is 0. The van der Waals surface area contributed by atoms with Crippen LogP contribution in [0.25, 0.3) is 0 Å². The molecule has 2 aliphatic heterocycles. The molecule has 3 rings (SSSR count). The summed E-state index contributed by atoms with van der Waals surface area (Å²) >= 11 is 0. The minimum Gasteiger partial charge on any atom is -0.379 e. The van der Waals surface area contributed by atoms with Gasteiger partial charge in [-0.3, -0.25) is 15.0 Å². The summed E-state index contributed by atoms with van der Waals surface area (Å²) in [4.78, 5) is 30.9. The molecule has 0 spiro atoms. The number of ether oxygens (including phenoxy) is 1. The highest BCUT2D eigenvalue weighted by Gasteiger charge is 2.25. The van der Waals surface area contributed by atoms with Gasteiger partial charge < -0.3 is 19.1 Å². The third kappa shape index (κ3) is 5.45. The molecule has 9 nitrogen and oxygen atoms in total. The van der Waals surface area contributed by atoms with Crippen LogP contribution in [-0.2, 0) is 14.9 Å². The molecule has 1 aromatic rings. The van der Waals surface area contributed by atoms with Gasteiger partial charge in [-0.1, -0.05) is 25.9 Å². The summed E-state index contributed by atoms with van der Waals surface area (Å²) in [5.74, 6) is 1.26. The first kappa shape index (κ1) is 20.6. The van der Waals surface area contributed by atoms with Crippen LogP contribution < -0.4 is 5.32 Å². The van der Waals surface area contributed by atoms with Gasteiger partial charge in [-0.05, 0) is 6.42 Å². The van der Waals surface area contributed by atoms with Crippen molar-refractivity contribution in [3.05, 3.63) is 11.8 Å². The Bertz CT molecular complexity index is 678. The third-order valence-corrected chi connectivity index (χ3v) is 5.08. The Morgan fingerprint density at radius 3 is 2.43 bits per heavy atom. The molecule has 2 saturated heterocycles. The second-order valence-corrected chi connectivity index (χ2v) is 8.37. The number of amides is 3. The van der Waals surface area contributed by atoms with E-state index >= 15 is 0 Å². The summed E-state index contributed by atoms with van der Waals surface area (Å²) in [5, 5.41) is 6.73. The minimum absolute atomic E-state index is 0.121. The number of anilines is 1. The number of carbonyl (C=O) groups is 2. The lowest BCUT2D eigenvalue weighted by Gasteiger charge is -2.29. The van der Waals surface area contributed by atoms with Crippen LogP contribution >= 0.6 is 0 Å². The van der Waals surface area contributed by atoms with Gasteiger partial charge in [-0.15, -0.1) is 0 Å². The third-order valence-electron chi connectivity index (χ3n) is 5.08. The Balaban J connectivity index is 1.49. The Hall–Kier alpha value is -2.13. The lowest BCUT2D eigenvalue weighted by molar-refractivity contribution is -0.133. The van der Waals surface area contributed by atoms with Crippen molar-refractivity contribution in [1.29, 1.82) is 0 Å². The highest BCUT2D eigenvalue weighted by molar-refractivity contribution is 5.88. The predicted molar refractivity (Wildman–Crippen MR) is 104 cm³/mol. The number of nitrogens with zero attached hydrogens (tertiary/aromatic N) is 4. The lowest BCUT2D eigenvalue weighted by Crippen LogP contribution is -2.46. The van der Waals surface area contributed by atoms with Gasteiger partial charge in [-0.25, -0.2) is 4.79 Å². The van der Waals surface area contributed by atoms with Gasteiger partial charge in [0.2, 0.25) is 5.91 Å². The number of nitrogens with one attached hydrogen (secondary N) is 1. The van der Waals surface area contributed by atoms with Gasteiger partial charge in [0.1, 0.15) is 5.76 Å². The van der Waals surface area contributed by atoms with Crippen LogP contribution in [0, 0.1) is 0 Å². The van der Waals surface area contributed by atoms with E-state index in [1.165, 1.54) is 0 Å². The molecule has 0 bridgehead atoms. The van der Waals surface area contributed by atoms with Crippen LogP contribution in [0.3, 0.4) is 0 Å². The molecular weight excluding hydrogens is 362 g/mol. The van der Waals surface area contributed by atoms with Crippen molar-refractivity contribution >= 4 is 17.8 Å². The molecular formula is C19H31N5O4. The highest BCUT2D eigenvalue weighted by atomic mass is 16.5. The number of aromatic nitrogens is 1. The largest absolute Gasteiger partial charge is 0.379 e. The molecule has 2 fully saturated rings. The molecule has 28 heavy (non-hydrogen) atoms. The van der Waals surface area contributed by atoms with E-state index in [9.17, 15) is 9.59 Å². The van der Waals surface area contributed by atoms with Crippen molar-refractivity contribution in [2.24, 2.45) is 0 Å². The standard InChI is InChI=1S/C19H31N5O4/c1-19(2,3)15-13-16(21-28-15)20-18(26)24-6-4-5-23(7-8-24)17(25)14-22-9-11-27-12-10-22/h13H,4-12,14H2,1-3H3,(H,20,21,26). The average molecular weight is 393 g/mol. The smallest absolute Gasteiger partial charge is 0.323 e. The molecule has 0 aromatic carbocycles. The molecule has 0 unspecified atom stereocenters. The number of hydrogen-bond acceptors (Lipinski definition) is 6. The summed E-state index contributed by atoms with van der Waals surface area (Å²) in [6.45, 7) is 11.8. The van der Waals surface area contributed by atoms with E-state index in [0.717, 1.165) is 25.3 Å². The molecule has 0 aliphatic carbocycles. The number of rotatable bonds is 3. The minimum atomic E-state index is -0.212. The zero-order valence-electron chi connectivity index (χ0n) is 17.1. The molecule has 9 heteroatoms. The predicted octanol–water partition coefficient (Wildman–Crippen LogP) is 1.37. The molecule has 2 aliphatic rings. The second-order valence-electron chi connectivity index (χ2n) is 8.37. The van der Waals surface area contributed by atoms with Crippen molar-refractivity contribution in [2.75, 3.05) is 64.3 Å². The normalized spacial score (nSPS) is 19.4. The first-order valence-electron chi connectivity index (χ1n) is 9.94. The molecule has 1 aromatic heterocycles. The summed E-state index contributed by atoms with van der Waals surface area (Å²) < 4.78 is 10.6. The van der Waals surface area contributed by atoms with Gasteiger partial charge in [0.05, 0.1) is 19.8 Å². The van der Waals surface area contributed by atoms with Crippen molar-refractivity contribution in [3.63, 3.8) is 0 Å². The monoisotopic (exact) mass is 393 g/mol. The van der Waals surface area contributed by atoms with Crippen LogP contribution in [0.5, 0.6) is 0 Å². The summed E-state index contributed by atoms with van der Waals surface area (Å²) in [5.41, 5.74) is -0.167. The number of urea groups is 1. The highest BCUT2D eigenvalue weighted by Crippen LogP contribution is 2.24. The van der Waals surface area contributed by atoms with E-state index in [-0.39, 0.29) is 17.4 Å². The van der Waals surface area contributed by atoms with E-state index in [1.54, 1.807) is 11.0 Å². The van der Waals surface area contributed by atoms with Crippen LogP contribution in [0.15, 0.2) is 10.6 Å². The molecule has 156 valence electrons. The van der Waals surface area contributed by atoms with Crippen molar-refractivity contribution in [1.82, 2.24) is 19.9 Å². The fourth-order valence-corrected chi connectivity index (χ4v) is 3.30. The Morgan fingerprint density at radius 2 is 1.75 bits per heavy atom. The Labute approximate surface area is 165 Å². The van der Waals surface area contributed by atoms with E-state index < -0.39 is 0 Å². The van der Waals surface area contributed by atoms with E-state index in [4.69, 9.17) is 9.26 Å².